The number of aryl methyl sites for hydroxylation is 1. The maximum absolute atomic E-state index is 10.4. The fraction of sp³-hybridized carbons (Fsp3) is 0.462. The maximum atomic E-state index is 10.4. The third-order valence-electron chi connectivity index (χ3n) is 1.81. The molecule has 2 rings (SSSR count). The van der Waals surface area contributed by atoms with Crippen LogP contribution in [0, 0.1) is 6.92 Å². The molecule has 0 unspecified atom stereocenters. The lowest BCUT2D eigenvalue weighted by Gasteiger charge is -2.01. The molecule has 1 aromatic rings. The second-order valence-corrected chi connectivity index (χ2v) is 2.95. The fourth-order valence-electron chi connectivity index (χ4n) is 0.907. The molecule has 16 heavy (non-hydrogen) atoms. The number of aldehydes is 1. The van der Waals surface area contributed by atoms with E-state index in [0.717, 1.165) is 30.8 Å². The number of epoxide rings is 1. The predicted molar refractivity (Wildman–Crippen MR) is 65.3 cm³/mol. The van der Waals surface area contributed by atoms with Gasteiger partial charge in [-0.3, -0.25) is 4.79 Å². The van der Waals surface area contributed by atoms with Crippen LogP contribution in [-0.4, -0.2) is 26.6 Å². The summed E-state index contributed by atoms with van der Waals surface area (Å²) < 4.78 is 9.48. The summed E-state index contributed by atoms with van der Waals surface area (Å²) in [6.07, 6.45) is 0.842. The second kappa shape index (κ2) is 8.92. The lowest BCUT2D eigenvalue weighted by molar-refractivity contribution is 0.112. The predicted octanol–water partition coefficient (Wildman–Crippen LogP) is 2.86. The summed E-state index contributed by atoms with van der Waals surface area (Å²) in [4.78, 5) is 10.4. The third-order valence-corrected chi connectivity index (χ3v) is 1.81. The van der Waals surface area contributed by atoms with Crippen LogP contribution in [-0.2, 0) is 4.74 Å². The molecule has 3 heteroatoms. The van der Waals surface area contributed by atoms with E-state index >= 15 is 0 Å². The van der Waals surface area contributed by atoms with Crippen molar-refractivity contribution in [1.29, 1.82) is 0 Å². The molecule has 0 radical (unpaired) electrons. The molecule has 0 amide bonds. The Kier molecular flexibility index (Phi) is 8.17. The van der Waals surface area contributed by atoms with Crippen LogP contribution in [0.3, 0.4) is 0 Å². The molecule has 1 aliphatic rings. The first-order valence-electron chi connectivity index (χ1n) is 5.45. The Morgan fingerprint density at radius 2 is 1.88 bits per heavy atom. The van der Waals surface area contributed by atoms with Gasteiger partial charge >= 0.3 is 0 Å². The quantitative estimate of drug-likeness (QED) is 0.572. The van der Waals surface area contributed by atoms with Gasteiger partial charge in [0, 0.05) is 5.56 Å². The van der Waals surface area contributed by atoms with Gasteiger partial charge < -0.3 is 9.47 Å². The van der Waals surface area contributed by atoms with Gasteiger partial charge in [0.1, 0.15) is 12.0 Å². The van der Waals surface area contributed by atoms with Gasteiger partial charge in [-0.05, 0) is 30.7 Å². The van der Waals surface area contributed by atoms with E-state index in [0.29, 0.717) is 5.56 Å². The van der Waals surface area contributed by atoms with E-state index in [1.165, 1.54) is 0 Å². The van der Waals surface area contributed by atoms with Gasteiger partial charge in [-0.25, -0.2) is 0 Å². The standard InChI is InChI=1S/C9H10O2.C2H4O.C2H6/c1-7-5-9(11-2)4-3-8(7)6-10;1-2-3-1;1-2/h3-6H,1-2H3;1-2H2;1-2H3. The molecule has 0 aliphatic carbocycles. The number of rotatable bonds is 2. The van der Waals surface area contributed by atoms with Gasteiger partial charge in [0.2, 0.25) is 0 Å². The Morgan fingerprint density at radius 1 is 1.31 bits per heavy atom. The summed E-state index contributed by atoms with van der Waals surface area (Å²) >= 11 is 0. The van der Waals surface area contributed by atoms with Crippen LogP contribution in [0.4, 0.5) is 0 Å². The molecule has 90 valence electrons. The zero-order chi connectivity index (χ0) is 12.4. The minimum atomic E-state index is 0.714. The van der Waals surface area contributed by atoms with Gasteiger partial charge in [-0.15, -0.1) is 0 Å². The van der Waals surface area contributed by atoms with Crippen molar-refractivity contribution in [3.8, 4) is 5.75 Å². The minimum absolute atomic E-state index is 0.714. The third kappa shape index (κ3) is 6.19. The average Bonchev–Trinajstić information content (AvgIpc) is 3.19. The van der Waals surface area contributed by atoms with Crippen molar-refractivity contribution in [1.82, 2.24) is 0 Å². The Balaban J connectivity index is 0.000000375. The summed E-state index contributed by atoms with van der Waals surface area (Å²) in [5.74, 6) is 0.785. The molecule has 0 aromatic heterocycles. The van der Waals surface area contributed by atoms with E-state index < -0.39 is 0 Å². The van der Waals surface area contributed by atoms with E-state index in [1.54, 1.807) is 19.2 Å². The van der Waals surface area contributed by atoms with Gasteiger partial charge in [-0.2, -0.15) is 0 Å². The van der Waals surface area contributed by atoms with E-state index in [-0.39, 0.29) is 0 Å². The number of carbonyl (C=O) groups excluding carboxylic acids is 1. The summed E-state index contributed by atoms with van der Waals surface area (Å²) in [6, 6.07) is 5.36. The highest BCUT2D eigenvalue weighted by Crippen LogP contribution is 2.14. The van der Waals surface area contributed by atoms with Crippen molar-refractivity contribution >= 4 is 6.29 Å². The van der Waals surface area contributed by atoms with E-state index in [4.69, 9.17) is 4.74 Å². The van der Waals surface area contributed by atoms with Crippen molar-refractivity contribution in [2.24, 2.45) is 0 Å². The van der Waals surface area contributed by atoms with Crippen LogP contribution >= 0.6 is 0 Å². The lowest BCUT2D eigenvalue weighted by atomic mass is 10.1. The van der Waals surface area contributed by atoms with Crippen LogP contribution in [0.25, 0.3) is 0 Å². The van der Waals surface area contributed by atoms with Crippen LogP contribution in [0.15, 0.2) is 18.2 Å². The van der Waals surface area contributed by atoms with E-state index in [1.807, 2.05) is 26.8 Å². The molecular weight excluding hydrogens is 204 g/mol. The molecule has 0 spiro atoms. The minimum Gasteiger partial charge on any atom is -0.497 e. The number of hydrogen-bond donors (Lipinski definition) is 0. The molecule has 1 heterocycles. The first kappa shape index (κ1) is 14.6. The normalized spacial score (nSPS) is 11.2. The number of methoxy groups -OCH3 is 1. The molecule has 1 fully saturated rings. The van der Waals surface area contributed by atoms with Gasteiger partial charge in [-0.1, -0.05) is 13.8 Å². The second-order valence-electron chi connectivity index (χ2n) is 2.95. The van der Waals surface area contributed by atoms with Crippen LogP contribution < -0.4 is 4.74 Å². The smallest absolute Gasteiger partial charge is 0.150 e. The Bertz CT molecular complexity index is 303. The Labute approximate surface area is 97.4 Å². The average molecular weight is 224 g/mol. The highest BCUT2D eigenvalue weighted by molar-refractivity contribution is 5.77. The number of ether oxygens (including phenoxy) is 2. The Hall–Kier alpha value is -1.35. The van der Waals surface area contributed by atoms with Gasteiger partial charge in [0.15, 0.2) is 0 Å². The van der Waals surface area contributed by atoms with Crippen LogP contribution in [0.2, 0.25) is 0 Å². The SMILES string of the molecule is C1CO1.CC.COc1ccc(C=O)c(C)c1. The topological polar surface area (TPSA) is 38.8 Å². The molecule has 0 N–H and O–H groups in total. The summed E-state index contributed by atoms with van der Waals surface area (Å²) in [5, 5.41) is 0. The lowest BCUT2D eigenvalue weighted by Crippen LogP contribution is -1.88. The molecule has 1 aromatic carbocycles. The van der Waals surface area contributed by atoms with Crippen molar-refractivity contribution in [2.45, 2.75) is 20.8 Å². The van der Waals surface area contributed by atoms with Crippen molar-refractivity contribution in [3.05, 3.63) is 29.3 Å². The molecule has 3 nitrogen and oxygen atoms in total. The monoisotopic (exact) mass is 224 g/mol. The molecule has 1 saturated heterocycles. The van der Waals surface area contributed by atoms with Crippen molar-refractivity contribution in [3.63, 3.8) is 0 Å². The van der Waals surface area contributed by atoms with Crippen molar-refractivity contribution in [2.75, 3.05) is 20.3 Å². The van der Waals surface area contributed by atoms with Gasteiger partial charge in [0.25, 0.3) is 0 Å². The molecule has 0 bridgehead atoms. The molecule has 1 aliphatic heterocycles. The summed E-state index contributed by atoms with van der Waals surface area (Å²) in [7, 11) is 1.61. The zero-order valence-corrected chi connectivity index (χ0v) is 10.4. The molecule has 0 saturated carbocycles. The molecular formula is C13H20O3. The largest absolute Gasteiger partial charge is 0.497 e. The fourth-order valence-corrected chi connectivity index (χ4v) is 0.907. The van der Waals surface area contributed by atoms with Gasteiger partial charge in [0.05, 0.1) is 20.3 Å². The number of benzene rings is 1. The van der Waals surface area contributed by atoms with E-state index in [2.05, 4.69) is 4.74 Å². The zero-order valence-electron chi connectivity index (χ0n) is 10.4. The highest BCUT2D eigenvalue weighted by Gasteiger charge is 1.97. The first-order valence-corrected chi connectivity index (χ1v) is 5.45. The molecule has 0 atom stereocenters. The summed E-state index contributed by atoms with van der Waals surface area (Å²) in [6.45, 7) is 7.88. The summed E-state index contributed by atoms with van der Waals surface area (Å²) in [5.41, 5.74) is 1.66. The van der Waals surface area contributed by atoms with Crippen LogP contribution in [0.5, 0.6) is 5.75 Å². The first-order chi connectivity index (χ1) is 7.77. The number of carbonyl (C=O) groups is 1. The van der Waals surface area contributed by atoms with Crippen LogP contribution in [0.1, 0.15) is 29.8 Å². The number of hydrogen-bond acceptors (Lipinski definition) is 3. The van der Waals surface area contributed by atoms with Crippen molar-refractivity contribution < 1.29 is 14.3 Å². The Morgan fingerprint density at radius 3 is 2.19 bits per heavy atom. The van der Waals surface area contributed by atoms with E-state index in [9.17, 15) is 4.79 Å². The maximum Gasteiger partial charge on any atom is 0.150 e. The highest BCUT2D eigenvalue weighted by atomic mass is 16.6.